The number of pyridine rings is 4. The Morgan fingerprint density at radius 2 is 0.656 bits per heavy atom. The number of nitrogens with zero attached hydrogens (tertiary/aromatic N) is 6. The van der Waals surface area contributed by atoms with Gasteiger partial charge in [0.05, 0.1) is 131 Å². The largest absolute Gasteiger partial charge is 0.389 e. The van der Waals surface area contributed by atoms with Crippen molar-refractivity contribution in [2.24, 2.45) is 0 Å². The van der Waals surface area contributed by atoms with E-state index in [4.69, 9.17) is 81.2 Å². The topological polar surface area (TPSA) is 349 Å². The van der Waals surface area contributed by atoms with Crippen molar-refractivity contribution in [3.63, 3.8) is 0 Å². The smallest absolute Gasteiger partial charge is 0.257 e. The number of carbonyl (C=O) groups is 4. The van der Waals surface area contributed by atoms with Crippen LogP contribution in [0.1, 0.15) is 78.6 Å². The van der Waals surface area contributed by atoms with Crippen LogP contribution in [0.5, 0.6) is 0 Å². The maximum Gasteiger partial charge on any atom is 0.257 e. The average molecular weight is 1910 g/mol. The molecule has 0 spiro atoms. The summed E-state index contributed by atoms with van der Waals surface area (Å²) in [5.74, 6) is -3.23. The fourth-order valence-corrected chi connectivity index (χ4v) is 18.9. The number of rotatable bonds is 24. The molecular weight excluding hydrogens is 1830 g/mol. The predicted octanol–water partition coefficient (Wildman–Crippen LogP) is 21.3. The van der Waals surface area contributed by atoms with Gasteiger partial charge in [0, 0.05) is 93.4 Å². The Bertz CT molecular complexity index is 6630. The monoisotopic (exact) mass is 1900 g/mol. The van der Waals surface area contributed by atoms with E-state index in [2.05, 4.69) is 46.2 Å². The molecule has 0 radical (unpaired) electrons. The summed E-state index contributed by atoms with van der Waals surface area (Å²) in [6.07, 6.45) is 9.52. The second-order valence-corrected chi connectivity index (χ2v) is 37.8. The van der Waals surface area contributed by atoms with E-state index in [0.717, 1.165) is 16.9 Å². The third-order valence-corrected chi connectivity index (χ3v) is 26.7. The van der Waals surface area contributed by atoms with E-state index in [1.807, 2.05) is 65.4 Å². The molecule has 23 nitrogen and oxygen atoms in total. The van der Waals surface area contributed by atoms with Gasteiger partial charge in [-0.2, -0.15) is 0 Å². The molecule has 128 heavy (non-hydrogen) atoms. The minimum atomic E-state index is -3.86. The Morgan fingerprint density at radius 1 is 0.352 bits per heavy atom. The highest BCUT2D eigenvalue weighted by Gasteiger charge is 2.29. The number of carbonyl (C=O) groups excluding carboxylic acids is 4. The van der Waals surface area contributed by atoms with Gasteiger partial charge in [-0.25, -0.2) is 30.2 Å². The Balaban J connectivity index is 0.000000156. The summed E-state index contributed by atoms with van der Waals surface area (Å²) in [7, 11) is -11.5. The Kier molecular flexibility index (Phi) is 31.8. The van der Waals surface area contributed by atoms with Crippen LogP contribution >= 0.6 is 81.2 Å². The van der Waals surface area contributed by atoms with Crippen molar-refractivity contribution in [2.75, 3.05) is 38.5 Å². The highest BCUT2D eigenvalue weighted by Crippen LogP contribution is 2.37. The summed E-state index contributed by atoms with van der Waals surface area (Å²) in [5, 5.41) is 43.6. The van der Waals surface area contributed by atoms with Gasteiger partial charge in [0.2, 0.25) is 0 Å². The van der Waals surface area contributed by atoms with E-state index in [1.165, 1.54) is 68.4 Å². The first kappa shape index (κ1) is 94.8. The number of hydrogen-bond acceptors (Lipinski definition) is 18. The van der Waals surface area contributed by atoms with Crippen LogP contribution in [0.3, 0.4) is 0 Å². The number of hydrogen-bond donors (Lipinski definition) is 7. The van der Waals surface area contributed by atoms with Gasteiger partial charge in [-0.3, -0.25) is 39.1 Å². The van der Waals surface area contributed by atoms with Crippen LogP contribution < -0.4 is 21.3 Å². The highest BCUT2D eigenvalue weighted by atomic mass is 35.5. The number of amides is 4. The van der Waals surface area contributed by atoms with Gasteiger partial charge < -0.3 is 41.2 Å². The quantitative estimate of drug-likeness (QED) is 0.0295. The molecule has 0 saturated heterocycles. The van der Waals surface area contributed by atoms with E-state index in [1.54, 1.807) is 213 Å². The van der Waals surface area contributed by atoms with E-state index in [0.29, 0.717) is 93.3 Å². The average Bonchev–Trinajstić information content (AvgIpc) is 0.907. The van der Waals surface area contributed by atoms with Crippen molar-refractivity contribution >= 4 is 157 Å². The van der Waals surface area contributed by atoms with Crippen LogP contribution in [-0.2, 0) is 29.5 Å². The number of nitrogens with one attached hydrogen (secondary N) is 4. The number of benzene rings is 10. The van der Waals surface area contributed by atoms with Gasteiger partial charge in [-0.15, -0.1) is 0 Å². The SMILES string of the molecule is CC(C)(O)CS(=O)(=O)c1ccc(C(=O)Nc2ccc(Cl)c(-c3ccccn3)c2)c(Cl)c1.O=C(Nc1ccc(Cl)c(-c2ccccn2)c1)c1ccc(-n2ccnc2)cc1.O=C(Nc1ccc(Cl)c(-c2ccccn2)c1)c1ccc(S(=O)(=O)C[C@@H](O)c2ccccc2)cc1Cl.O=C(Nc1ccc(Cl)c(-c2ccccn2)c1)c1ccc(S(=O)(=O)C[C@H](O)c2ccccc2)cc1Cl. The fraction of sp³-hybridized carbons (Fsp3) is 0.0842. The lowest BCUT2D eigenvalue weighted by atomic mass is 10.1. The summed E-state index contributed by atoms with van der Waals surface area (Å²) >= 11 is 43.9. The molecule has 4 amide bonds. The summed E-state index contributed by atoms with van der Waals surface area (Å²) in [6, 6.07) is 78.1. The second kappa shape index (κ2) is 43.0. The van der Waals surface area contributed by atoms with Crippen molar-refractivity contribution in [3.8, 4) is 50.7 Å². The van der Waals surface area contributed by atoms with E-state index in [-0.39, 0.29) is 52.4 Å². The van der Waals surface area contributed by atoms with E-state index < -0.39 is 82.3 Å². The van der Waals surface area contributed by atoms with Crippen LogP contribution in [0.15, 0.2) is 343 Å². The van der Waals surface area contributed by atoms with Gasteiger partial charge in [0.15, 0.2) is 29.5 Å². The molecule has 650 valence electrons. The van der Waals surface area contributed by atoms with E-state index >= 15 is 0 Å². The minimum Gasteiger partial charge on any atom is -0.389 e. The number of aromatic nitrogens is 6. The van der Waals surface area contributed by atoms with Gasteiger partial charge in [0.25, 0.3) is 23.6 Å². The summed E-state index contributed by atoms with van der Waals surface area (Å²) in [6.45, 7) is 2.80. The van der Waals surface area contributed by atoms with Crippen molar-refractivity contribution in [2.45, 2.75) is 46.3 Å². The maximum atomic E-state index is 12.9. The molecule has 7 N–H and O–H groups in total. The zero-order valence-electron chi connectivity index (χ0n) is 67.4. The zero-order chi connectivity index (χ0) is 91.5. The van der Waals surface area contributed by atoms with Crippen molar-refractivity contribution in [1.82, 2.24) is 29.5 Å². The molecule has 15 aromatic rings. The molecule has 2 atom stereocenters. The number of anilines is 4. The first-order chi connectivity index (χ1) is 61.1. The first-order valence-electron chi connectivity index (χ1n) is 38.6. The van der Waals surface area contributed by atoms with Gasteiger partial charge in [0.1, 0.15) is 0 Å². The van der Waals surface area contributed by atoms with Crippen LogP contribution in [-0.4, -0.2) is 117 Å². The number of sulfone groups is 3. The zero-order valence-corrected chi connectivity index (χ0v) is 75.2. The fourth-order valence-electron chi connectivity index (χ4n) is 12.6. The Labute approximate surface area is 772 Å². The Hall–Kier alpha value is -12.4. The molecule has 5 heterocycles. The molecule has 0 bridgehead atoms. The molecule has 0 fully saturated rings. The van der Waals surface area contributed by atoms with Crippen LogP contribution in [0.25, 0.3) is 50.7 Å². The lowest BCUT2D eigenvalue weighted by molar-refractivity contribution is 0.101. The minimum absolute atomic E-state index is 0.0202. The molecule has 0 aliphatic carbocycles. The Morgan fingerprint density at radius 3 is 0.938 bits per heavy atom. The highest BCUT2D eigenvalue weighted by molar-refractivity contribution is 7.92. The number of imidazole rings is 1. The van der Waals surface area contributed by atoms with E-state index in [9.17, 15) is 59.8 Å². The van der Waals surface area contributed by atoms with Gasteiger partial charge in [-0.05, 0) is 225 Å². The molecule has 0 saturated carbocycles. The first-order valence-corrected chi connectivity index (χ1v) is 46.2. The van der Waals surface area contributed by atoms with Crippen LogP contribution in [0, 0.1) is 0 Å². The number of aliphatic hydroxyl groups excluding tert-OH is 2. The third-order valence-electron chi connectivity index (χ3n) is 18.9. The maximum absolute atomic E-state index is 12.9. The normalized spacial score (nSPS) is 11.8. The summed E-state index contributed by atoms with van der Waals surface area (Å²) in [5.41, 5.74) is 8.90. The van der Waals surface area contributed by atoms with Gasteiger partial charge in [-0.1, -0.05) is 166 Å². The second-order valence-electron chi connectivity index (χ2n) is 28.9. The molecule has 0 aliphatic rings. The molecular formula is C95H75Cl7N10O13S3. The standard InChI is InChI=1S/2C26H20Cl2N2O4S.C22H20Cl2N2O4S.C21H15ClN4O/c2*27-22-12-9-18(14-21(22)24-8-4-5-13-29-24)30-26(32)20-11-10-19(15-23(20)28)35(33,34)16-25(31)17-6-2-1-3-7-17;1-22(2,28)13-31(29,30)15-7-8-16(19(24)12-15)21(27)26-14-6-9-18(23)17(11-14)20-5-3-4-10-25-20;22-19-9-6-16(13-18(19)20-3-1-2-10-24-20)25-21(27)15-4-7-17(8-5-15)26-12-11-23-14-26/h2*1-15,25,31H,16H2,(H,30,32);3-12,28H,13H2,1-2H3,(H,26,27);1-14H,(H,25,27)/t2*25-;;/m10../s1. The number of aliphatic hydroxyl groups is 3. The van der Waals surface area contributed by atoms with Crippen molar-refractivity contribution in [3.05, 3.63) is 397 Å². The summed E-state index contributed by atoms with van der Waals surface area (Å²) < 4.78 is 78.0. The predicted molar refractivity (Wildman–Crippen MR) is 504 cm³/mol. The molecule has 5 aromatic heterocycles. The van der Waals surface area contributed by atoms with Crippen LogP contribution in [0.2, 0.25) is 35.2 Å². The van der Waals surface area contributed by atoms with Crippen molar-refractivity contribution < 1.29 is 59.8 Å². The number of halogens is 7. The summed E-state index contributed by atoms with van der Waals surface area (Å²) in [4.78, 5) is 71.9. The lowest BCUT2D eigenvalue weighted by Gasteiger charge is -2.17. The van der Waals surface area contributed by atoms with Gasteiger partial charge >= 0.3 is 0 Å². The van der Waals surface area contributed by atoms with Crippen LogP contribution in [0.4, 0.5) is 22.7 Å². The molecule has 10 aromatic carbocycles. The molecule has 0 unspecified atom stereocenters. The molecule has 33 heteroatoms. The lowest BCUT2D eigenvalue weighted by Crippen LogP contribution is -2.30. The van der Waals surface area contributed by atoms with Crippen molar-refractivity contribution in [1.29, 1.82) is 0 Å². The molecule has 15 rings (SSSR count). The molecule has 0 aliphatic heterocycles. The third kappa shape index (κ3) is 25.5.